The number of nitrogens with one attached hydrogen (secondary N) is 1. The van der Waals surface area contributed by atoms with E-state index in [9.17, 15) is 18.0 Å². The first-order valence-corrected chi connectivity index (χ1v) is 10.3. The monoisotopic (exact) mass is 461 g/mol. The van der Waals surface area contributed by atoms with E-state index in [1.54, 1.807) is 30.0 Å². The van der Waals surface area contributed by atoms with E-state index in [1.807, 2.05) is 6.07 Å². The summed E-state index contributed by atoms with van der Waals surface area (Å²) in [5.74, 6) is 1.04. The average molecular weight is 461 g/mol. The fourth-order valence-corrected chi connectivity index (χ4v) is 3.57. The van der Waals surface area contributed by atoms with Gasteiger partial charge in [-0.25, -0.2) is 4.98 Å². The molecule has 10 heteroatoms. The SMILES string of the molecule is CCNC(=O)c1coc(CN(Cc2ccc3c(c2)OCO3)Cc2ccccc2C(F)(F)F)n1. The van der Waals surface area contributed by atoms with E-state index in [0.717, 1.165) is 11.6 Å². The molecule has 1 amide bonds. The summed E-state index contributed by atoms with van der Waals surface area (Å²) in [7, 11) is 0. The van der Waals surface area contributed by atoms with Crippen molar-refractivity contribution in [2.45, 2.75) is 32.7 Å². The van der Waals surface area contributed by atoms with Crippen LogP contribution in [0.15, 0.2) is 53.1 Å². The van der Waals surface area contributed by atoms with Crippen LogP contribution in [0.2, 0.25) is 0 Å². The van der Waals surface area contributed by atoms with Crippen LogP contribution in [0, 0.1) is 0 Å². The minimum atomic E-state index is -4.48. The molecule has 4 rings (SSSR count). The third-order valence-corrected chi connectivity index (χ3v) is 5.04. The van der Waals surface area contributed by atoms with Gasteiger partial charge in [0.05, 0.1) is 12.1 Å². The number of carbonyl (C=O) groups excluding carboxylic acids is 1. The van der Waals surface area contributed by atoms with E-state index in [0.29, 0.717) is 24.6 Å². The molecule has 7 nitrogen and oxygen atoms in total. The number of amides is 1. The zero-order valence-corrected chi connectivity index (χ0v) is 17.8. The van der Waals surface area contributed by atoms with Gasteiger partial charge in [-0.15, -0.1) is 0 Å². The van der Waals surface area contributed by atoms with Crippen molar-refractivity contribution in [2.24, 2.45) is 0 Å². The first-order chi connectivity index (χ1) is 15.8. The van der Waals surface area contributed by atoms with Gasteiger partial charge < -0.3 is 19.2 Å². The molecule has 1 aliphatic rings. The summed E-state index contributed by atoms with van der Waals surface area (Å²) in [4.78, 5) is 17.9. The second kappa shape index (κ2) is 9.53. The summed E-state index contributed by atoms with van der Waals surface area (Å²) in [6.07, 6.45) is -3.24. The Morgan fingerprint density at radius 2 is 1.88 bits per heavy atom. The van der Waals surface area contributed by atoms with Gasteiger partial charge in [0.15, 0.2) is 17.2 Å². The largest absolute Gasteiger partial charge is 0.454 e. The standard InChI is InChI=1S/C23H22F3N3O4/c1-2-27-22(30)18-13-31-21(28-18)12-29(10-15-7-8-19-20(9-15)33-14-32-19)11-16-5-3-4-6-17(16)23(24,25)26/h3-9,13H,2,10-12,14H2,1H3,(H,27,30). The van der Waals surface area contributed by atoms with Crippen molar-refractivity contribution < 1.29 is 31.9 Å². The molecule has 2 heterocycles. The molecule has 1 aliphatic heterocycles. The number of carbonyl (C=O) groups is 1. The molecule has 174 valence electrons. The fraction of sp³-hybridized carbons (Fsp3) is 0.304. The van der Waals surface area contributed by atoms with E-state index < -0.39 is 11.7 Å². The maximum Gasteiger partial charge on any atom is 0.416 e. The van der Waals surface area contributed by atoms with E-state index in [4.69, 9.17) is 13.9 Å². The van der Waals surface area contributed by atoms with Gasteiger partial charge in [-0.05, 0) is 36.2 Å². The third-order valence-electron chi connectivity index (χ3n) is 5.04. The molecule has 1 aromatic heterocycles. The summed E-state index contributed by atoms with van der Waals surface area (Å²) < 4.78 is 56.8. The Hall–Kier alpha value is -3.53. The number of ether oxygens (including phenoxy) is 2. The molecule has 0 radical (unpaired) electrons. The van der Waals surface area contributed by atoms with Crippen LogP contribution in [0.25, 0.3) is 0 Å². The van der Waals surface area contributed by atoms with Crippen LogP contribution in [0.1, 0.15) is 40.0 Å². The zero-order chi connectivity index (χ0) is 23.4. The van der Waals surface area contributed by atoms with E-state index in [-0.39, 0.29) is 42.9 Å². The highest BCUT2D eigenvalue weighted by atomic mass is 19.4. The first-order valence-electron chi connectivity index (χ1n) is 10.3. The summed E-state index contributed by atoms with van der Waals surface area (Å²) in [5.41, 5.74) is 0.363. The Kier molecular flexibility index (Phi) is 6.55. The molecule has 0 atom stereocenters. The third kappa shape index (κ3) is 5.46. The van der Waals surface area contributed by atoms with Crippen molar-refractivity contribution in [1.82, 2.24) is 15.2 Å². The molecule has 2 aromatic carbocycles. The molecule has 0 unspecified atom stereocenters. The number of halogens is 3. The average Bonchev–Trinajstić information content (AvgIpc) is 3.43. The quantitative estimate of drug-likeness (QED) is 0.537. The van der Waals surface area contributed by atoms with Crippen LogP contribution in [-0.2, 0) is 25.8 Å². The Bertz CT molecular complexity index is 1130. The van der Waals surface area contributed by atoms with Gasteiger partial charge in [0, 0.05) is 19.6 Å². The topological polar surface area (TPSA) is 76.8 Å². The normalized spacial score (nSPS) is 12.9. The van der Waals surface area contributed by atoms with Crippen LogP contribution in [0.4, 0.5) is 13.2 Å². The molecule has 0 bridgehead atoms. The molecule has 0 saturated heterocycles. The highest BCUT2D eigenvalue weighted by Crippen LogP contribution is 2.34. The maximum absolute atomic E-state index is 13.5. The lowest BCUT2D eigenvalue weighted by Gasteiger charge is -2.23. The van der Waals surface area contributed by atoms with Crippen LogP contribution in [0.5, 0.6) is 11.5 Å². The molecule has 33 heavy (non-hydrogen) atoms. The van der Waals surface area contributed by atoms with Crippen LogP contribution in [0.3, 0.4) is 0 Å². The van der Waals surface area contributed by atoms with E-state index >= 15 is 0 Å². The molecular formula is C23H22F3N3O4. The number of benzene rings is 2. The molecule has 0 fully saturated rings. The van der Waals surface area contributed by atoms with E-state index in [2.05, 4.69) is 10.3 Å². The van der Waals surface area contributed by atoms with Gasteiger partial charge >= 0.3 is 6.18 Å². The minimum Gasteiger partial charge on any atom is -0.454 e. The Morgan fingerprint density at radius 3 is 2.67 bits per heavy atom. The summed E-state index contributed by atoms with van der Waals surface area (Å²) in [6.45, 7) is 2.72. The first kappa shape index (κ1) is 22.7. The van der Waals surface area contributed by atoms with Crippen molar-refractivity contribution in [3.8, 4) is 11.5 Å². The predicted octanol–water partition coefficient (Wildman–Crippen LogP) is 4.37. The number of hydrogen-bond donors (Lipinski definition) is 1. The number of nitrogens with zero attached hydrogens (tertiary/aromatic N) is 2. The summed E-state index contributed by atoms with van der Waals surface area (Å²) >= 11 is 0. The lowest BCUT2D eigenvalue weighted by atomic mass is 10.1. The number of oxazole rings is 1. The van der Waals surface area contributed by atoms with Crippen molar-refractivity contribution >= 4 is 5.91 Å². The van der Waals surface area contributed by atoms with Gasteiger partial charge in [0.2, 0.25) is 12.7 Å². The number of aromatic nitrogens is 1. The maximum atomic E-state index is 13.5. The molecule has 1 N–H and O–H groups in total. The lowest BCUT2D eigenvalue weighted by molar-refractivity contribution is -0.138. The Labute approximate surface area is 188 Å². The van der Waals surface area contributed by atoms with Crippen molar-refractivity contribution in [1.29, 1.82) is 0 Å². The molecular weight excluding hydrogens is 439 g/mol. The van der Waals surface area contributed by atoms with Gasteiger partial charge in [-0.1, -0.05) is 24.3 Å². The van der Waals surface area contributed by atoms with Crippen LogP contribution < -0.4 is 14.8 Å². The molecule has 3 aromatic rings. The van der Waals surface area contributed by atoms with Crippen LogP contribution >= 0.6 is 0 Å². The van der Waals surface area contributed by atoms with E-state index in [1.165, 1.54) is 18.4 Å². The molecule has 0 spiro atoms. The number of rotatable bonds is 8. The second-order valence-corrected chi connectivity index (χ2v) is 7.47. The zero-order valence-electron chi connectivity index (χ0n) is 17.8. The van der Waals surface area contributed by atoms with Gasteiger partial charge in [-0.3, -0.25) is 9.69 Å². The number of fused-ring (bicyclic) bond motifs is 1. The summed E-state index contributed by atoms with van der Waals surface area (Å²) in [6, 6.07) is 10.8. The minimum absolute atomic E-state index is 0.0109. The second-order valence-electron chi connectivity index (χ2n) is 7.47. The summed E-state index contributed by atoms with van der Waals surface area (Å²) in [5, 5.41) is 2.63. The Morgan fingerprint density at radius 1 is 1.09 bits per heavy atom. The van der Waals surface area contributed by atoms with Crippen molar-refractivity contribution in [2.75, 3.05) is 13.3 Å². The van der Waals surface area contributed by atoms with Gasteiger partial charge in [0.25, 0.3) is 5.91 Å². The highest BCUT2D eigenvalue weighted by Gasteiger charge is 2.33. The Balaban J connectivity index is 1.59. The lowest BCUT2D eigenvalue weighted by Crippen LogP contribution is -2.25. The van der Waals surface area contributed by atoms with Crippen LogP contribution in [-0.4, -0.2) is 29.1 Å². The fourth-order valence-electron chi connectivity index (χ4n) is 3.57. The molecule has 0 saturated carbocycles. The van der Waals surface area contributed by atoms with Crippen molar-refractivity contribution in [3.05, 3.63) is 77.0 Å². The van der Waals surface area contributed by atoms with Crippen molar-refractivity contribution in [3.63, 3.8) is 0 Å². The van der Waals surface area contributed by atoms with Gasteiger partial charge in [-0.2, -0.15) is 13.2 Å². The highest BCUT2D eigenvalue weighted by molar-refractivity contribution is 5.91. The predicted molar refractivity (Wildman–Crippen MR) is 111 cm³/mol. The number of alkyl halides is 3. The molecule has 0 aliphatic carbocycles. The number of hydrogen-bond acceptors (Lipinski definition) is 6. The smallest absolute Gasteiger partial charge is 0.416 e. The van der Waals surface area contributed by atoms with Gasteiger partial charge in [0.1, 0.15) is 6.26 Å².